The monoisotopic (exact) mass is 321 g/mol. The predicted octanol–water partition coefficient (Wildman–Crippen LogP) is 3.28. The first-order chi connectivity index (χ1) is 11.8. The maximum atomic E-state index is 10.3. The third-order valence-electron chi connectivity index (χ3n) is 4.25. The maximum Gasteiger partial charge on any atom is 0.127 e. The highest BCUT2D eigenvalue weighted by Crippen LogP contribution is 2.22. The van der Waals surface area contributed by atoms with Gasteiger partial charge in [0.2, 0.25) is 0 Å². The normalized spacial score (nSPS) is 15.0. The fraction of sp³-hybridized carbons (Fsp3) is 0.250. The van der Waals surface area contributed by atoms with Crippen molar-refractivity contribution in [1.29, 1.82) is 0 Å². The molecule has 3 rings (SSSR count). The van der Waals surface area contributed by atoms with Crippen molar-refractivity contribution in [1.82, 2.24) is 5.01 Å². The van der Waals surface area contributed by atoms with Crippen LogP contribution in [0.1, 0.15) is 11.1 Å². The average Bonchev–Trinajstić information content (AvgIpc) is 2.64. The Balaban J connectivity index is 1.61. The molecule has 1 saturated heterocycles. The molecular formula is C20H23N3O. The molecule has 0 saturated carbocycles. The number of aromatic hydroxyl groups is 1. The van der Waals surface area contributed by atoms with Crippen LogP contribution >= 0.6 is 0 Å². The number of phenolic OH excluding ortho intramolecular Hbond substituents is 1. The number of piperazine rings is 1. The Morgan fingerprint density at radius 1 is 1.00 bits per heavy atom. The van der Waals surface area contributed by atoms with Gasteiger partial charge in [-0.25, -0.2) is 0 Å². The highest BCUT2D eigenvalue weighted by atomic mass is 16.3. The number of hydrogen-bond acceptors (Lipinski definition) is 4. The molecule has 0 amide bonds. The van der Waals surface area contributed by atoms with Crippen LogP contribution in [0.2, 0.25) is 0 Å². The van der Waals surface area contributed by atoms with Crippen molar-refractivity contribution in [3.05, 3.63) is 72.3 Å². The molecule has 0 bridgehead atoms. The van der Waals surface area contributed by atoms with Gasteiger partial charge in [-0.3, -0.25) is 5.01 Å². The molecule has 1 fully saturated rings. The van der Waals surface area contributed by atoms with E-state index >= 15 is 0 Å². The molecule has 2 aromatic rings. The largest absolute Gasteiger partial charge is 0.507 e. The molecule has 1 heterocycles. The van der Waals surface area contributed by atoms with E-state index in [1.54, 1.807) is 12.3 Å². The zero-order valence-corrected chi connectivity index (χ0v) is 13.8. The molecule has 1 aliphatic rings. The first-order valence-electron chi connectivity index (χ1n) is 8.28. The van der Waals surface area contributed by atoms with Gasteiger partial charge >= 0.3 is 0 Å². The van der Waals surface area contributed by atoms with Crippen LogP contribution in [0.5, 0.6) is 5.75 Å². The molecule has 4 nitrogen and oxygen atoms in total. The van der Waals surface area contributed by atoms with E-state index in [-0.39, 0.29) is 0 Å². The molecule has 1 N–H and O–H groups in total. The van der Waals surface area contributed by atoms with E-state index in [0.717, 1.165) is 37.3 Å². The number of benzene rings is 2. The summed E-state index contributed by atoms with van der Waals surface area (Å²) >= 11 is 0. The highest BCUT2D eigenvalue weighted by molar-refractivity contribution is 5.83. The summed E-state index contributed by atoms with van der Waals surface area (Å²) in [6.07, 6.45) is 4.20. The molecule has 0 spiro atoms. The lowest BCUT2D eigenvalue weighted by atomic mass is 10.1. The van der Waals surface area contributed by atoms with Gasteiger partial charge in [-0.15, -0.1) is 6.58 Å². The summed E-state index contributed by atoms with van der Waals surface area (Å²) in [7, 11) is 0. The average molecular weight is 321 g/mol. The number of allylic oxidation sites excluding steroid dienone is 1. The topological polar surface area (TPSA) is 39.1 Å². The second-order valence-corrected chi connectivity index (χ2v) is 5.87. The lowest BCUT2D eigenvalue weighted by Crippen LogP contribution is -2.44. The molecule has 0 aliphatic carbocycles. The Hall–Kier alpha value is -2.75. The van der Waals surface area contributed by atoms with E-state index in [2.05, 4.69) is 45.9 Å². The van der Waals surface area contributed by atoms with Crippen molar-refractivity contribution in [3.63, 3.8) is 0 Å². The van der Waals surface area contributed by atoms with Gasteiger partial charge in [0.1, 0.15) is 5.75 Å². The second kappa shape index (κ2) is 7.68. The summed E-state index contributed by atoms with van der Waals surface area (Å²) in [5.74, 6) is 0.295. The fourth-order valence-electron chi connectivity index (χ4n) is 2.89. The highest BCUT2D eigenvalue weighted by Gasteiger charge is 2.15. The third-order valence-corrected chi connectivity index (χ3v) is 4.25. The van der Waals surface area contributed by atoms with Crippen molar-refractivity contribution < 1.29 is 5.11 Å². The van der Waals surface area contributed by atoms with E-state index in [9.17, 15) is 5.11 Å². The minimum atomic E-state index is 0.295. The molecule has 0 unspecified atom stereocenters. The minimum Gasteiger partial charge on any atom is -0.507 e. The van der Waals surface area contributed by atoms with Gasteiger partial charge in [0.25, 0.3) is 0 Å². The van der Waals surface area contributed by atoms with Gasteiger partial charge in [-0.05, 0) is 30.2 Å². The number of rotatable bonds is 5. The number of phenols is 1. The van der Waals surface area contributed by atoms with E-state index in [1.165, 1.54) is 5.69 Å². The summed E-state index contributed by atoms with van der Waals surface area (Å²) in [4.78, 5) is 2.37. The first-order valence-corrected chi connectivity index (χ1v) is 8.28. The number of hydrazone groups is 1. The Kier molecular flexibility index (Phi) is 5.16. The Morgan fingerprint density at radius 3 is 2.46 bits per heavy atom. The smallest absolute Gasteiger partial charge is 0.127 e. The van der Waals surface area contributed by atoms with Crippen LogP contribution < -0.4 is 4.90 Å². The quantitative estimate of drug-likeness (QED) is 0.678. The van der Waals surface area contributed by atoms with Gasteiger partial charge in [-0.2, -0.15) is 5.10 Å². The van der Waals surface area contributed by atoms with Crippen LogP contribution in [0.4, 0.5) is 5.69 Å². The zero-order chi connectivity index (χ0) is 16.8. The van der Waals surface area contributed by atoms with Gasteiger partial charge in [0.15, 0.2) is 0 Å². The summed E-state index contributed by atoms with van der Waals surface area (Å²) in [6, 6.07) is 16.2. The third kappa shape index (κ3) is 3.77. The van der Waals surface area contributed by atoms with Crippen LogP contribution in [-0.4, -0.2) is 42.5 Å². The standard InChI is InChI=1S/C20H23N3O/c1-2-7-17-8-6-9-18(20(17)24)16-21-23-14-12-22(13-15-23)19-10-4-3-5-11-19/h2-6,8-11,16,24H,1,7,12-15H2/b21-16-. The minimum absolute atomic E-state index is 0.295. The molecule has 124 valence electrons. The molecule has 0 radical (unpaired) electrons. The van der Waals surface area contributed by atoms with Gasteiger partial charge in [-0.1, -0.05) is 36.4 Å². The molecule has 0 atom stereocenters. The predicted molar refractivity (Wildman–Crippen MR) is 99.8 cm³/mol. The van der Waals surface area contributed by atoms with Crippen molar-refractivity contribution in [2.45, 2.75) is 6.42 Å². The van der Waals surface area contributed by atoms with Crippen molar-refractivity contribution in [3.8, 4) is 5.75 Å². The van der Waals surface area contributed by atoms with Crippen LogP contribution in [0.3, 0.4) is 0 Å². The Morgan fingerprint density at radius 2 is 1.75 bits per heavy atom. The zero-order valence-electron chi connectivity index (χ0n) is 13.8. The first kappa shape index (κ1) is 16.1. The van der Waals surface area contributed by atoms with Crippen molar-refractivity contribution in [2.75, 3.05) is 31.1 Å². The van der Waals surface area contributed by atoms with Crippen molar-refractivity contribution >= 4 is 11.9 Å². The molecular weight excluding hydrogens is 298 g/mol. The van der Waals surface area contributed by atoms with E-state index < -0.39 is 0 Å². The lowest BCUT2D eigenvalue weighted by molar-refractivity contribution is 0.272. The van der Waals surface area contributed by atoms with E-state index in [4.69, 9.17) is 0 Å². The molecule has 4 heteroatoms. The van der Waals surface area contributed by atoms with Crippen molar-refractivity contribution in [2.24, 2.45) is 5.10 Å². The van der Waals surface area contributed by atoms with Crippen LogP contribution in [0.25, 0.3) is 0 Å². The number of hydrogen-bond donors (Lipinski definition) is 1. The summed E-state index contributed by atoms with van der Waals surface area (Å²) in [6.45, 7) is 7.36. The molecule has 1 aliphatic heterocycles. The summed E-state index contributed by atoms with van der Waals surface area (Å²) < 4.78 is 0. The second-order valence-electron chi connectivity index (χ2n) is 5.87. The summed E-state index contributed by atoms with van der Waals surface area (Å²) in [5, 5.41) is 16.9. The maximum absolute atomic E-state index is 10.3. The van der Waals surface area contributed by atoms with E-state index in [1.807, 2.05) is 24.3 Å². The summed E-state index contributed by atoms with van der Waals surface area (Å²) in [5.41, 5.74) is 2.89. The number of nitrogens with zero attached hydrogens (tertiary/aromatic N) is 3. The van der Waals surface area contributed by atoms with Gasteiger partial charge < -0.3 is 10.0 Å². The molecule has 2 aromatic carbocycles. The Bertz CT molecular complexity index is 704. The van der Waals surface area contributed by atoms with Crippen LogP contribution in [0.15, 0.2) is 66.3 Å². The number of anilines is 1. The lowest BCUT2D eigenvalue weighted by Gasteiger charge is -2.34. The van der Waals surface area contributed by atoms with Crippen LogP contribution in [0, 0.1) is 0 Å². The van der Waals surface area contributed by atoms with E-state index in [0.29, 0.717) is 12.2 Å². The van der Waals surface area contributed by atoms with Gasteiger partial charge in [0.05, 0.1) is 19.3 Å². The fourth-order valence-corrected chi connectivity index (χ4v) is 2.89. The molecule has 24 heavy (non-hydrogen) atoms. The SMILES string of the molecule is C=CCc1cccc(/C=N\N2CCN(c3ccccc3)CC2)c1O. The molecule has 0 aromatic heterocycles. The van der Waals surface area contributed by atoms with Crippen LogP contribution in [-0.2, 0) is 6.42 Å². The van der Waals surface area contributed by atoms with Gasteiger partial charge in [0, 0.05) is 24.3 Å². The number of para-hydroxylation sites is 2. The Labute approximate surface area is 143 Å².